The second-order valence-electron chi connectivity index (χ2n) is 3.86. The minimum Gasteiger partial charge on any atom is -0.508 e. The molecule has 17 heavy (non-hydrogen) atoms. The summed E-state index contributed by atoms with van der Waals surface area (Å²) in [6.45, 7) is 1.96. The number of benzene rings is 2. The van der Waals surface area contributed by atoms with Crippen LogP contribution in [0, 0.1) is 0 Å². The van der Waals surface area contributed by atoms with Crippen molar-refractivity contribution in [2.45, 2.75) is 13.3 Å². The lowest BCUT2D eigenvalue weighted by molar-refractivity contribution is 0.404. The molecule has 0 fully saturated rings. The maximum atomic E-state index is 9.76. The molecular weight excluding hydrogens is 216 g/mol. The van der Waals surface area contributed by atoms with Gasteiger partial charge in [-0.25, -0.2) is 0 Å². The van der Waals surface area contributed by atoms with Crippen LogP contribution in [0.3, 0.4) is 0 Å². The molecule has 0 spiro atoms. The summed E-state index contributed by atoms with van der Waals surface area (Å²) in [6, 6.07) is 9.92. The zero-order chi connectivity index (χ0) is 12.4. The Balaban J connectivity index is 2.60. The number of hydrogen-bond donors (Lipinski definition) is 3. The van der Waals surface area contributed by atoms with Gasteiger partial charge in [-0.1, -0.05) is 25.1 Å². The molecular formula is C14H14O3. The lowest BCUT2D eigenvalue weighted by Crippen LogP contribution is -1.88. The summed E-state index contributed by atoms with van der Waals surface area (Å²) in [5.41, 5.74) is 2.47. The average molecular weight is 230 g/mol. The van der Waals surface area contributed by atoms with Crippen molar-refractivity contribution in [3.8, 4) is 28.4 Å². The molecule has 0 radical (unpaired) electrons. The summed E-state index contributed by atoms with van der Waals surface area (Å²) < 4.78 is 0. The summed E-state index contributed by atoms with van der Waals surface area (Å²) in [4.78, 5) is 0. The molecule has 2 rings (SSSR count). The first-order valence-electron chi connectivity index (χ1n) is 5.46. The zero-order valence-corrected chi connectivity index (χ0v) is 9.51. The van der Waals surface area contributed by atoms with Gasteiger partial charge in [-0.3, -0.25) is 0 Å². The van der Waals surface area contributed by atoms with Crippen LogP contribution in [0.15, 0.2) is 36.4 Å². The van der Waals surface area contributed by atoms with Gasteiger partial charge in [0.05, 0.1) is 0 Å². The fraction of sp³-hybridized carbons (Fsp3) is 0.143. The van der Waals surface area contributed by atoms with Crippen LogP contribution in [0.2, 0.25) is 0 Å². The highest BCUT2D eigenvalue weighted by Crippen LogP contribution is 2.34. The molecule has 0 aliphatic heterocycles. The van der Waals surface area contributed by atoms with Crippen LogP contribution in [0.1, 0.15) is 12.5 Å². The first-order valence-corrected chi connectivity index (χ1v) is 5.46. The highest BCUT2D eigenvalue weighted by atomic mass is 16.3. The molecule has 2 aromatic carbocycles. The van der Waals surface area contributed by atoms with Gasteiger partial charge in [0.25, 0.3) is 0 Å². The molecule has 3 nitrogen and oxygen atoms in total. The van der Waals surface area contributed by atoms with Crippen LogP contribution in [0.4, 0.5) is 0 Å². The Hall–Kier alpha value is -2.16. The lowest BCUT2D eigenvalue weighted by atomic mass is 9.97. The van der Waals surface area contributed by atoms with Crippen LogP contribution in [-0.4, -0.2) is 15.3 Å². The fourth-order valence-electron chi connectivity index (χ4n) is 1.91. The van der Waals surface area contributed by atoms with Gasteiger partial charge in [0, 0.05) is 5.56 Å². The van der Waals surface area contributed by atoms with Gasteiger partial charge in [-0.2, -0.15) is 0 Å². The Morgan fingerprint density at radius 1 is 0.882 bits per heavy atom. The lowest BCUT2D eigenvalue weighted by Gasteiger charge is -2.10. The first-order chi connectivity index (χ1) is 8.13. The van der Waals surface area contributed by atoms with E-state index in [0.29, 0.717) is 6.42 Å². The second kappa shape index (κ2) is 4.37. The molecule has 0 aliphatic rings. The molecule has 0 aromatic heterocycles. The number of phenolic OH excluding ortho intramolecular Hbond substituents is 3. The summed E-state index contributed by atoms with van der Waals surface area (Å²) in [5.74, 6) is -0.0580. The standard InChI is InChI=1S/C14H14O3/c1-2-10-11(4-3-5-12(10)15)9-6-7-13(16)14(17)8-9/h3-8,15-17H,2H2,1H3. The Morgan fingerprint density at radius 2 is 1.65 bits per heavy atom. The zero-order valence-electron chi connectivity index (χ0n) is 9.51. The minimum atomic E-state index is -0.159. The highest BCUT2D eigenvalue weighted by Gasteiger charge is 2.09. The largest absolute Gasteiger partial charge is 0.508 e. The topological polar surface area (TPSA) is 60.7 Å². The van der Waals surface area contributed by atoms with Crippen LogP contribution >= 0.6 is 0 Å². The Bertz CT molecular complexity index is 547. The van der Waals surface area contributed by atoms with Gasteiger partial charge >= 0.3 is 0 Å². The fourth-order valence-corrected chi connectivity index (χ4v) is 1.91. The molecule has 0 saturated carbocycles. The van der Waals surface area contributed by atoms with Gasteiger partial charge < -0.3 is 15.3 Å². The number of rotatable bonds is 2. The van der Waals surface area contributed by atoms with E-state index in [0.717, 1.165) is 16.7 Å². The van der Waals surface area contributed by atoms with E-state index < -0.39 is 0 Å². The van der Waals surface area contributed by atoms with E-state index in [4.69, 9.17) is 0 Å². The molecule has 0 atom stereocenters. The van der Waals surface area contributed by atoms with Gasteiger partial charge in [0.15, 0.2) is 11.5 Å². The molecule has 0 amide bonds. The molecule has 0 saturated heterocycles. The van der Waals surface area contributed by atoms with Gasteiger partial charge in [-0.05, 0) is 35.7 Å². The summed E-state index contributed by atoms with van der Waals surface area (Å²) in [5, 5.41) is 28.5. The normalized spacial score (nSPS) is 10.4. The van der Waals surface area contributed by atoms with E-state index in [2.05, 4.69) is 0 Å². The van der Waals surface area contributed by atoms with E-state index in [9.17, 15) is 15.3 Å². The van der Waals surface area contributed by atoms with Crippen LogP contribution in [-0.2, 0) is 6.42 Å². The summed E-state index contributed by atoms with van der Waals surface area (Å²) in [7, 11) is 0. The smallest absolute Gasteiger partial charge is 0.158 e. The van der Waals surface area contributed by atoms with E-state index in [1.807, 2.05) is 13.0 Å². The third kappa shape index (κ3) is 2.04. The number of aromatic hydroxyl groups is 3. The second-order valence-corrected chi connectivity index (χ2v) is 3.86. The van der Waals surface area contributed by atoms with Crippen molar-refractivity contribution < 1.29 is 15.3 Å². The van der Waals surface area contributed by atoms with E-state index in [1.54, 1.807) is 18.2 Å². The minimum absolute atomic E-state index is 0.146. The van der Waals surface area contributed by atoms with Crippen molar-refractivity contribution in [2.24, 2.45) is 0 Å². The molecule has 0 aliphatic carbocycles. The predicted molar refractivity (Wildman–Crippen MR) is 66.3 cm³/mol. The van der Waals surface area contributed by atoms with Crippen molar-refractivity contribution in [1.29, 1.82) is 0 Å². The van der Waals surface area contributed by atoms with E-state index >= 15 is 0 Å². The van der Waals surface area contributed by atoms with Gasteiger partial charge in [-0.15, -0.1) is 0 Å². The maximum Gasteiger partial charge on any atom is 0.158 e. The molecule has 0 unspecified atom stereocenters. The number of hydrogen-bond acceptors (Lipinski definition) is 3. The predicted octanol–water partition coefficient (Wildman–Crippen LogP) is 3.03. The van der Waals surface area contributed by atoms with Crippen molar-refractivity contribution in [2.75, 3.05) is 0 Å². The van der Waals surface area contributed by atoms with Gasteiger partial charge in [0.1, 0.15) is 5.75 Å². The summed E-state index contributed by atoms with van der Waals surface area (Å²) in [6.07, 6.45) is 0.698. The number of phenols is 3. The highest BCUT2D eigenvalue weighted by molar-refractivity contribution is 5.72. The van der Waals surface area contributed by atoms with Crippen LogP contribution in [0.5, 0.6) is 17.2 Å². The molecule has 3 N–H and O–H groups in total. The first kappa shape index (κ1) is 11.3. The maximum absolute atomic E-state index is 9.76. The molecule has 0 heterocycles. The molecule has 88 valence electrons. The van der Waals surface area contributed by atoms with Crippen molar-refractivity contribution in [3.05, 3.63) is 42.0 Å². The van der Waals surface area contributed by atoms with Crippen molar-refractivity contribution >= 4 is 0 Å². The van der Waals surface area contributed by atoms with E-state index in [-0.39, 0.29) is 17.2 Å². The molecule has 0 bridgehead atoms. The third-order valence-corrected chi connectivity index (χ3v) is 2.79. The Kier molecular flexibility index (Phi) is 2.91. The van der Waals surface area contributed by atoms with E-state index in [1.165, 1.54) is 12.1 Å². The van der Waals surface area contributed by atoms with Crippen molar-refractivity contribution in [3.63, 3.8) is 0 Å². The monoisotopic (exact) mass is 230 g/mol. The molecule has 3 heteroatoms. The quantitative estimate of drug-likeness (QED) is 0.695. The SMILES string of the molecule is CCc1c(O)cccc1-c1ccc(O)c(O)c1. The van der Waals surface area contributed by atoms with Crippen molar-refractivity contribution in [1.82, 2.24) is 0 Å². The van der Waals surface area contributed by atoms with Gasteiger partial charge in [0.2, 0.25) is 0 Å². The Labute approximate surface area is 99.6 Å². The van der Waals surface area contributed by atoms with Crippen LogP contribution in [0.25, 0.3) is 11.1 Å². The third-order valence-electron chi connectivity index (χ3n) is 2.79. The average Bonchev–Trinajstić information content (AvgIpc) is 2.32. The van der Waals surface area contributed by atoms with Crippen LogP contribution < -0.4 is 0 Å². The molecule has 2 aromatic rings. The Morgan fingerprint density at radius 3 is 2.29 bits per heavy atom. The summed E-state index contributed by atoms with van der Waals surface area (Å²) >= 11 is 0.